The summed E-state index contributed by atoms with van der Waals surface area (Å²) in [6, 6.07) is 0. The van der Waals surface area contributed by atoms with Crippen molar-refractivity contribution in [3.8, 4) is 0 Å². The SMILES string of the molecule is CCCC(C)(NS(=O)(=O)c1cn(CC)cn1)C(=O)OC. The monoisotopic (exact) mass is 303 g/mol. The minimum Gasteiger partial charge on any atom is -0.468 e. The Morgan fingerprint density at radius 1 is 1.50 bits per heavy atom. The smallest absolute Gasteiger partial charge is 0.326 e. The quantitative estimate of drug-likeness (QED) is 0.756. The lowest BCUT2D eigenvalue weighted by molar-refractivity contribution is -0.147. The summed E-state index contributed by atoms with van der Waals surface area (Å²) in [6.45, 7) is 5.87. The average molecular weight is 303 g/mol. The number of sulfonamides is 1. The van der Waals surface area contributed by atoms with Crippen LogP contribution in [0.4, 0.5) is 0 Å². The zero-order valence-corrected chi connectivity index (χ0v) is 13.0. The summed E-state index contributed by atoms with van der Waals surface area (Å²) in [5.74, 6) is -0.613. The van der Waals surface area contributed by atoms with Crippen LogP contribution >= 0.6 is 0 Å². The molecule has 0 saturated carbocycles. The first-order chi connectivity index (χ1) is 9.29. The van der Waals surface area contributed by atoms with Crippen LogP contribution in [0.3, 0.4) is 0 Å². The van der Waals surface area contributed by atoms with Gasteiger partial charge in [0.25, 0.3) is 10.0 Å². The molecule has 0 aromatic carbocycles. The molecule has 1 unspecified atom stereocenters. The van der Waals surface area contributed by atoms with Crippen LogP contribution < -0.4 is 4.72 Å². The number of aryl methyl sites for hydroxylation is 1. The predicted octanol–water partition coefficient (Wildman–Crippen LogP) is 0.913. The second kappa shape index (κ2) is 6.36. The molecule has 0 amide bonds. The number of esters is 1. The number of imidazole rings is 1. The van der Waals surface area contributed by atoms with E-state index < -0.39 is 21.5 Å². The Labute approximate surface area is 119 Å². The minimum absolute atomic E-state index is 0.106. The van der Waals surface area contributed by atoms with Crippen LogP contribution in [0.1, 0.15) is 33.6 Å². The van der Waals surface area contributed by atoms with Crippen molar-refractivity contribution in [2.75, 3.05) is 7.11 Å². The van der Waals surface area contributed by atoms with E-state index in [1.807, 2.05) is 13.8 Å². The van der Waals surface area contributed by atoms with Gasteiger partial charge in [-0.3, -0.25) is 4.79 Å². The van der Waals surface area contributed by atoms with Gasteiger partial charge in [0.15, 0.2) is 5.03 Å². The lowest BCUT2D eigenvalue weighted by Gasteiger charge is -2.26. The number of nitrogens with one attached hydrogen (secondary N) is 1. The van der Waals surface area contributed by atoms with Gasteiger partial charge in [0, 0.05) is 12.7 Å². The molecule has 0 fully saturated rings. The summed E-state index contributed by atoms with van der Waals surface area (Å²) in [6.07, 6.45) is 3.83. The molecular formula is C12H21N3O4S. The standard InChI is InChI=1S/C12H21N3O4S/c1-5-7-12(3,11(16)19-4)14-20(17,18)10-8-15(6-2)9-13-10/h8-9,14H,5-7H2,1-4H3. The van der Waals surface area contributed by atoms with Gasteiger partial charge in [-0.05, 0) is 20.3 Å². The highest BCUT2D eigenvalue weighted by molar-refractivity contribution is 7.89. The van der Waals surface area contributed by atoms with Gasteiger partial charge in [-0.25, -0.2) is 13.4 Å². The number of hydrogen-bond donors (Lipinski definition) is 1. The van der Waals surface area contributed by atoms with Crippen molar-refractivity contribution in [3.63, 3.8) is 0 Å². The molecule has 1 aromatic rings. The van der Waals surface area contributed by atoms with E-state index in [2.05, 4.69) is 14.4 Å². The highest BCUT2D eigenvalue weighted by atomic mass is 32.2. The normalized spacial score (nSPS) is 14.8. The van der Waals surface area contributed by atoms with E-state index in [0.717, 1.165) is 0 Å². The Balaban J connectivity index is 3.05. The first kappa shape index (κ1) is 16.6. The topological polar surface area (TPSA) is 90.3 Å². The molecular weight excluding hydrogens is 282 g/mol. The molecule has 1 heterocycles. The molecule has 1 atom stereocenters. The summed E-state index contributed by atoms with van der Waals surface area (Å²) in [5.41, 5.74) is -1.29. The molecule has 8 heteroatoms. The molecule has 0 aliphatic rings. The van der Waals surface area contributed by atoms with Crippen molar-refractivity contribution in [1.29, 1.82) is 0 Å². The van der Waals surface area contributed by atoms with Crippen molar-refractivity contribution in [1.82, 2.24) is 14.3 Å². The third-order valence-corrected chi connectivity index (χ3v) is 4.48. The first-order valence-corrected chi connectivity index (χ1v) is 7.91. The Hall–Kier alpha value is -1.41. The number of hydrogen-bond acceptors (Lipinski definition) is 5. The molecule has 20 heavy (non-hydrogen) atoms. The van der Waals surface area contributed by atoms with Gasteiger partial charge in [0.2, 0.25) is 0 Å². The van der Waals surface area contributed by atoms with Crippen molar-refractivity contribution >= 4 is 16.0 Å². The number of carbonyl (C=O) groups excluding carboxylic acids is 1. The second-order valence-corrected chi connectivity index (χ2v) is 6.35. The largest absolute Gasteiger partial charge is 0.468 e. The zero-order chi connectivity index (χ0) is 15.4. The van der Waals surface area contributed by atoms with Gasteiger partial charge in [-0.1, -0.05) is 13.3 Å². The van der Waals surface area contributed by atoms with Crippen molar-refractivity contribution in [2.24, 2.45) is 0 Å². The summed E-state index contributed by atoms with van der Waals surface area (Å²) in [4.78, 5) is 15.7. The van der Waals surface area contributed by atoms with Crippen LogP contribution in [-0.4, -0.2) is 36.6 Å². The summed E-state index contributed by atoms with van der Waals surface area (Å²) >= 11 is 0. The Morgan fingerprint density at radius 3 is 2.60 bits per heavy atom. The van der Waals surface area contributed by atoms with E-state index >= 15 is 0 Å². The summed E-state index contributed by atoms with van der Waals surface area (Å²) in [5, 5.41) is -0.106. The molecule has 0 radical (unpaired) electrons. The Kier molecular flexibility index (Phi) is 5.29. The average Bonchev–Trinajstić information content (AvgIpc) is 2.87. The van der Waals surface area contributed by atoms with E-state index in [-0.39, 0.29) is 5.03 Å². The number of rotatable bonds is 7. The number of ether oxygens (including phenoxy) is 1. The van der Waals surface area contributed by atoms with Crippen LogP contribution in [0.25, 0.3) is 0 Å². The molecule has 1 aromatic heterocycles. The molecule has 0 saturated heterocycles. The maximum Gasteiger partial charge on any atom is 0.326 e. The van der Waals surface area contributed by atoms with Crippen molar-refractivity contribution in [2.45, 2.75) is 50.7 Å². The molecule has 0 spiro atoms. The maximum atomic E-state index is 12.3. The number of nitrogens with zero attached hydrogens (tertiary/aromatic N) is 2. The molecule has 0 aliphatic heterocycles. The van der Waals surface area contributed by atoms with Crippen LogP contribution in [0.2, 0.25) is 0 Å². The molecule has 0 aliphatic carbocycles. The van der Waals surface area contributed by atoms with E-state index in [1.165, 1.54) is 26.6 Å². The minimum atomic E-state index is -3.87. The number of carbonyl (C=O) groups is 1. The van der Waals surface area contributed by atoms with E-state index in [0.29, 0.717) is 19.4 Å². The third-order valence-electron chi connectivity index (χ3n) is 3.00. The van der Waals surface area contributed by atoms with Gasteiger partial charge in [0.05, 0.1) is 13.4 Å². The second-order valence-electron chi connectivity index (χ2n) is 4.72. The Morgan fingerprint density at radius 2 is 2.15 bits per heavy atom. The molecule has 0 bridgehead atoms. The van der Waals surface area contributed by atoms with Crippen LogP contribution in [0, 0.1) is 0 Å². The fourth-order valence-corrected chi connectivity index (χ4v) is 3.26. The fraction of sp³-hybridized carbons (Fsp3) is 0.667. The third kappa shape index (κ3) is 3.57. The summed E-state index contributed by atoms with van der Waals surface area (Å²) in [7, 11) is -2.63. The van der Waals surface area contributed by atoms with Gasteiger partial charge < -0.3 is 9.30 Å². The lowest BCUT2D eigenvalue weighted by atomic mass is 9.98. The molecule has 1 N–H and O–H groups in total. The van der Waals surface area contributed by atoms with Gasteiger partial charge in [-0.15, -0.1) is 0 Å². The van der Waals surface area contributed by atoms with Crippen molar-refractivity contribution in [3.05, 3.63) is 12.5 Å². The fourth-order valence-electron chi connectivity index (χ4n) is 1.92. The predicted molar refractivity (Wildman–Crippen MR) is 73.6 cm³/mol. The Bertz CT molecular complexity index is 567. The number of methoxy groups -OCH3 is 1. The maximum absolute atomic E-state index is 12.3. The molecule has 1 rings (SSSR count). The van der Waals surface area contributed by atoms with Crippen LogP contribution in [0.15, 0.2) is 17.6 Å². The first-order valence-electron chi connectivity index (χ1n) is 6.43. The number of aromatic nitrogens is 2. The molecule has 7 nitrogen and oxygen atoms in total. The lowest BCUT2D eigenvalue weighted by Crippen LogP contribution is -2.52. The zero-order valence-electron chi connectivity index (χ0n) is 12.2. The van der Waals surface area contributed by atoms with Gasteiger partial charge >= 0.3 is 5.97 Å². The summed E-state index contributed by atoms with van der Waals surface area (Å²) < 4.78 is 33.3. The van der Waals surface area contributed by atoms with Crippen LogP contribution in [0.5, 0.6) is 0 Å². The van der Waals surface area contributed by atoms with E-state index in [4.69, 9.17) is 0 Å². The van der Waals surface area contributed by atoms with Crippen LogP contribution in [-0.2, 0) is 26.1 Å². The van der Waals surface area contributed by atoms with E-state index in [9.17, 15) is 13.2 Å². The highest BCUT2D eigenvalue weighted by Gasteiger charge is 2.38. The van der Waals surface area contributed by atoms with E-state index in [1.54, 1.807) is 4.57 Å². The molecule has 114 valence electrons. The van der Waals surface area contributed by atoms with Crippen molar-refractivity contribution < 1.29 is 17.9 Å². The van der Waals surface area contributed by atoms with Gasteiger partial charge in [0.1, 0.15) is 5.54 Å². The van der Waals surface area contributed by atoms with Gasteiger partial charge in [-0.2, -0.15) is 4.72 Å². The highest BCUT2D eigenvalue weighted by Crippen LogP contribution is 2.18.